The zero-order valence-electron chi connectivity index (χ0n) is 31.2. The number of anilines is 3. The van der Waals surface area contributed by atoms with Crippen molar-refractivity contribution >= 4 is 42.7 Å². The Bertz CT molecular complexity index is 1710. The zero-order chi connectivity index (χ0) is 38.8. The van der Waals surface area contributed by atoms with E-state index in [1.165, 1.54) is 18.3 Å². The van der Waals surface area contributed by atoms with Gasteiger partial charge in [0.1, 0.15) is 18.1 Å². The number of imidazole rings is 1. The van der Waals surface area contributed by atoms with Gasteiger partial charge in [0.15, 0.2) is 0 Å². The lowest BCUT2D eigenvalue weighted by Gasteiger charge is -2.37. The second-order valence-electron chi connectivity index (χ2n) is 15.7. The monoisotopic (exact) mass is 772 g/mol. The Hall–Kier alpha value is -3.77. The molecule has 2 saturated heterocycles. The maximum Gasteiger partial charge on any atom is 0.419 e. The summed E-state index contributed by atoms with van der Waals surface area (Å²) in [7, 11) is -1.46. The summed E-state index contributed by atoms with van der Waals surface area (Å²) >= 11 is 0. The molecule has 2 aromatic heterocycles. The molecule has 3 aromatic rings. The Morgan fingerprint density at radius 1 is 0.887 bits per heavy atom. The molecule has 4 heterocycles. The summed E-state index contributed by atoms with van der Waals surface area (Å²) in [5.74, 6) is 0.233. The maximum atomic E-state index is 14.6. The van der Waals surface area contributed by atoms with Crippen molar-refractivity contribution < 1.29 is 40.6 Å². The van der Waals surface area contributed by atoms with Crippen molar-refractivity contribution in [2.45, 2.75) is 71.1 Å². The number of hydrogen-bond donors (Lipinski definition) is 1. The van der Waals surface area contributed by atoms with Crippen LogP contribution in [0.4, 0.5) is 48.6 Å². The van der Waals surface area contributed by atoms with Crippen LogP contribution in [-0.4, -0.2) is 116 Å². The zero-order valence-corrected chi connectivity index (χ0v) is 32.2. The van der Waals surface area contributed by atoms with Crippen LogP contribution < -0.4 is 15.1 Å². The molecule has 1 N–H and O–H groups in total. The average molecular weight is 773 g/mol. The van der Waals surface area contributed by atoms with E-state index in [0.717, 1.165) is 18.2 Å². The number of fused-ring (bicyclic) bond motifs is 1. The first-order valence-electron chi connectivity index (χ1n) is 17.9. The van der Waals surface area contributed by atoms with Crippen molar-refractivity contribution in [3.8, 4) is 0 Å². The van der Waals surface area contributed by atoms with Gasteiger partial charge in [0.2, 0.25) is 5.95 Å². The fourth-order valence-corrected chi connectivity index (χ4v) is 7.02. The van der Waals surface area contributed by atoms with Crippen LogP contribution >= 0.6 is 0 Å². The van der Waals surface area contributed by atoms with E-state index in [4.69, 9.17) is 14.5 Å². The van der Waals surface area contributed by atoms with Crippen molar-refractivity contribution in [2.24, 2.45) is 0 Å². The number of halogens is 6. The summed E-state index contributed by atoms with van der Waals surface area (Å²) < 4.78 is 98.1. The molecule has 1 aromatic carbocycles. The highest BCUT2D eigenvalue weighted by Gasteiger charge is 2.38. The van der Waals surface area contributed by atoms with Gasteiger partial charge in [-0.3, -0.25) is 9.47 Å². The van der Waals surface area contributed by atoms with E-state index >= 15 is 0 Å². The summed E-state index contributed by atoms with van der Waals surface area (Å²) in [6, 6.07) is 5.61. The first-order valence-corrected chi connectivity index (χ1v) is 21.6. The number of amides is 1. The third kappa shape index (κ3) is 10.7. The lowest BCUT2D eigenvalue weighted by Crippen LogP contribution is -2.50. The van der Waals surface area contributed by atoms with Gasteiger partial charge in [0.25, 0.3) is 0 Å². The summed E-state index contributed by atoms with van der Waals surface area (Å²) in [5.41, 5.74) is -1.79. The van der Waals surface area contributed by atoms with Gasteiger partial charge in [0, 0.05) is 92.0 Å². The molecule has 294 valence electrons. The van der Waals surface area contributed by atoms with E-state index in [9.17, 15) is 31.1 Å². The summed E-state index contributed by atoms with van der Waals surface area (Å²) in [6.45, 7) is 16.1. The molecular weight excluding hydrogens is 723 g/mol. The van der Waals surface area contributed by atoms with E-state index in [1.54, 1.807) is 35.1 Å². The quantitative estimate of drug-likeness (QED) is 0.125. The Balaban J connectivity index is 1.34. The minimum Gasteiger partial charge on any atom is -0.444 e. The van der Waals surface area contributed by atoms with Crippen LogP contribution in [0, 0.1) is 0 Å². The number of nitrogens with zero attached hydrogens (tertiary/aromatic N) is 7. The van der Waals surface area contributed by atoms with Crippen LogP contribution in [-0.2, 0) is 28.6 Å². The van der Waals surface area contributed by atoms with Gasteiger partial charge in [-0.25, -0.2) is 14.8 Å². The number of carbonyl (C=O) groups is 1. The Kier molecular flexibility index (Phi) is 12.1. The number of aromatic nitrogens is 3. The minimum atomic E-state index is -4.67. The summed E-state index contributed by atoms with van der Waals surface area (Å²) in [5, 5.41) is 2.98. The second-order valence-corrected chi connectivity index (χ2v) is 21.3. The second kappa shape index (κ2) is 15.9. The number of nitrogens with one attached hydrogen (secondary N) is 1. The van der Waals surface area contributed by atoms with Crippen LogP contribution in [0.2, 0.25) is 25.7 Å². The number of benzene rings is 1. The van der Waals surface area contributed by atoms with Crippen LogP contribution in [0.1, 0.15) is 31.9 Å². The average Bonchev–Trinajstić information content (AvgIpc) is 3.42. The van der Waals surface area contributed by atoms with Crippen molar-refractivity contribution in [3.05, 3.63) is 41.6 Å². The molecule has 0 spiro atoms. The number of carbonyl (C=O) groups excluding carboxylic acids is 1. The van der Waals surface area contributed by atoms with E-state index < -0.39 is 37.2 Å². The molecule has 2 fully saturated rings. The topological polar surface area (TPSA) is 91.2 Å². The standard InChI is InChI=1S/C35H50F6N8O3Si/c1-33(2,3)52-32(50)48-14-12-45(13-15-48)11-10-42-27-23-28-29(22-26(27)35(39,40)41)49(24-51-20-21-53(4,5)6)31(44-28)47-18-16-46(17-19-47)30-25(34(36,37)38)8-7-9-43-30/h7-9,22-23,42H,10-21,24H2,1-6H3. The normalized spacial score (nSPS) is 16.8. The molecule has 0 saturated carbocycles. The van der Waals surface area contributed by atoms with Gasteiger partial charge in [-0.05, 0) is 51.1 Å². The molecule has 5 rings (SSSR count). The molecule has 0 unspecified atom stereocenters. The summed E-state index contributed by atoms with van der Waals surface area (Å²) in [4.78, 5) is 28.4. The van der Waals surface area contributed by atoms with Crippen LogP contribution in [0.5, 0.6) is 0 Å². The number of alkyl halides is 6. The third-order valence-corrected chi connectivity index (χ3v) is 10.8. The lowest BCUT2D eigenvalue weighted by molar-refractivity contribution is -0.138. The van der Waals surface area contributed by atoms with Gasteiger partial charge in [-0.15, -0.1) is 0 Å². The Morgan fingerprint density at radius 2 is 1.53 bits per heavy atom. The Labute approximate surface area is 307 Å². The molecule has 0 bridgehead atoms. The number of ether oxygens (including phenoxy) is 2. The van der Waals surface area contributed by atoms with Gasteiger partial charge >= 0.3 is 18.4 Å². The van der Waals surface area contributed by atoms with Gasteiger partial charge < -0.3 is 29.5 Å². The number of piperazine rings is 2. The summed E-state index contributed by atoms with van der Waals surface area (Å²) in [6.07, 6.45) is -8.30. The minimum absolute atomic E-state index is 0.0334. The van der Waals surface area contributed by atoms with Crippen molar-refractivity contribution in [3.63, 3.8) is 0 Å². The number of pyridine rings is 1. The number of hydrogen-bond acceptors (Lipinski definition) is 9. The molecule has 11 nitrogen and oxygen atoms in total. The first-order chi connectivity index (χ1) is 24.7. The highest BCUT2D eigenvalue weighted by atomic mass is 28.3. The van der Waals surface area contributed by atoms with Crippen molar-refractivity contribution in [1.29, 1.82) is 0 Å². The molecule has 1 amide bonds. The largest absolute Gasteiger partial charge is 0.444 e. The number of rotatable bonds is 11. The van der Waals surface area contributed by atoms with Gasteiger partial charge in [-0.2, -0.15) is 26.3 Å². The van der Waals surface area contributed by atoms with Gasteiger partial charge in [0.05, 0.1) is 22.2 Å². The maximum absolute atomic E-state index is 14.6. The molecular formula is C35H50F6N8O3Si. The van der Waals surface area contributed by atoms with Crippen molar-refractivity contribution in [2.75, 3.05) is 87.2 Å². The molecule has 0 atom stereocenters. The van der Waals surface area contributed by atoms with E-state index in [1.807, 2.05) is 4.90 Å². The third-order valence-electron chi connectivity index (χ3n) is 9.11. The van der Waals surface area contributed by atoms with E-state index in [2.05, 4.69) is 34.8 Å². The lowest BCUT2D eigenvalue weighted by atomic mass is 10.1. The fourth-order valence-electron chi connectivity index (χ4n) is 6.26. The fraction of sp³-hybridized carbons (Fsp3) is 0.629. The van der Waals surface area contributed by atoms with E-state index in [-0.39, 0.29) is 62.6 Å². The highest BCUT2D eigenvalue weighted by molar-refractivity contribution is 6.76. The SMILES string of the molecule is CC(C)(C)OC(=O)N1CCN(CCNc2cc3nc(N4CCN(c5ncccc5C(F)(F)F)CC4)n(COCC[Si](C)(C)C)c3cc2C(F)(F)F)CC1. The Morgan fingerprint density at radius 3 is 2.13 bits per heavy atom. The van der Waals surface area contributed by atoms with Crippen LogP contribution in [0.25, 0.3) is 11.0 Å². The predicted molar refractivity (Wildman–Crippen MR) is 195 cm³/mol. The first kappa shape index (κ1) is 40.4. The highest BCUT2D eigenvalue weighted by Crippen LogP contribution is 2.39. The molecule has 18 heteroatoms. The van der Waals surface area contributed by atoms with Gasteiger partial charge in [-0.1, -0.05) is 19.6 Å². The van der Waals surface area contributed by atoms with Crippen molar-refractivity contribution in [1.82, 2.24) is 24.3 Å². The molecule has 2 aliphatic heterocycles. The smallest absolute Gasteiger partial charge is 0.419 e. The molecule has 53 heavy (non-hydrogen) atoms. The van der Waals surface area contributed by atoms with Crippen LogP contribution in [0.15, 0.2) is 30.5 Å². The van der Waals surface area contributed by atoms with Crippen LogP contribution in [0.3, 0.4) is 0 Å². The molecule has 2 aliphatic rings. The van der Waals surface area contributed by atoms with E-state index in [0.29, 0.717) is 50.8 Å². The predicted octanol–water partition coefficient (Wildman–Crippen LogP) is 7.07. The molecule has 0 aliphatic carbocycles. The molecule has 0 radical (unpaired) electrons.